The SMILES string of the molecule is O=C(CCc1ccccc1)NC(N1CCCN(c2cccc3cc(F)cnc23)C1=S)C(Cl)(Cl)Cl. The van der Waals surface area contributed by atoms with Crippen LogP contribution in [0.15, 0.2) is 60.8 Å². The van der Waals surface area contributed by atoms with Gasteiger partial charge in [-0.05, 0) is 42.8 Å². The van der Waals surface area contributed by atoms with Gasteiger partial charge in [0.2, 0.25) is 9.70 Å². The molecule has 1 N–H and O–H groups in total. The zero-order chi connectivity index (χ0) is 24.3. The molecule has 1 aliphatic heterocycles. The van der Waals surface area contributed by atoms with Gasteiger partial charge in [-0.2, -0.15) is 0 Å². The Balaban J connectivity index is 1.55. The largest absolute Gasteiger partial charge is 0.332 e. The van der Waals surface area contributed by atoms with Crippen LogP contribution in [-0.4, -0.2) is 44.0 Å². The van der Waals surface area contributed by atoms with Gasteiger partial charge in [-0.3, -0.25) is 9.78 Å². The summed E-state index contributed by atoms with van der Waals surface area (Å²) in [6, 6.07) is 16.6. The van der Waals surface area contributed by atoms with Crippen molar-refractivity contribution in [3.05, 3.63) is 72.2 Å². The lowest BCUT2D eigenvalue weighted by atomic mass is 10.1. The highest BCUT2D eigenvalue weighted by Gasteiger charge is 2.42. The number of benzene rings is 2. The van der Waals surface area contributed by atoms with Crippen LogP contribution in [0.4, 0.5) is 10.1 Å². The Hall–Kier alpha value is -2.19. The number of alkyl halides is 3. The number of hydrogen-bond acceptors (Lipinski definition) is 3. The second-order valence-electron chi connectivity index (χ2n) is 7.98. The number of carbonyl (C=O) groups is 1. The smallest absolute Gasteiger partial charge is 0.228 e. The highest BCUT2D eigenvalue weighted by Crippen LogP contribution is 2.35. The standard InChI is InChI=1S/C24H22Cl3FN4OS/c25-24(26,27)22(30-20(33)11-10-16-6-2-1-3-7-16)32-13-5-12-31(23(32)34)19-9-4-8-17-14-18(28)15-29-21(17)19/h1-4,6-9,14-15,22H,5,10-13H2,(H,30,33). The second-order valence-corrected chi connectivity index (χ2v) is 10.7. The van der Waals surface area contributed by atoms with Crippen LogP contribution in [0, 0.1) is 5.82 Å². The Labute approximate surface area is 217 Å². The number of hydrogen-bond donors (Lipinski definition) is 1. The van der Waals surface area contributed by atoms with Crippen LogP contribution in [-0.2, 0) is 11.2 Å². The van der Waals surface area contributed by atoms with Gasteiger partial charge in [-0.15, -0.1) is 0 Å². The van der Waals surface area contributed by atoms with E-state index < -0.39 is 15.8 Å². The van der Waals surface area contributed by atoms with Crippen LogP contribution < -0.4 is 10.2 Å². The summed E-state index contributed by atoms with van der Waals surface area (Å²) in [4.78, 5) is 20.6. The molecule has 1 unspecified atom stereocenters. The maximum atomic E-state index is 13.7. The Morgan fingerprint density at radius 3 is 2.65 bits per heavy atom. The van der Waals surface area contributed by atoms with Crippen LogP contribution >= 0.6 is 47.0 Å². The van der Waals surface area contributed by atoms with E-state index in [4.69, 9.17) is 47.0 Å². The van der Waals surface area contributed by atoms with Crippen LogP contribution in [0.5, 0.6) is 0 Å². The van der Waals surface area contributed by atoms with Crippen LogP contribution in [0.1, 0.15) is 18.4 Å². The van der Waals surface area contributed by atoms with Gasteiger partial charge in [-0.25, -0.2) is 4.39 Å². The summed E-state index contributed by atoms with van der Waals surface area (Å²) >= 11 is 24.7. The van der Waals surface area contributed by atoms with Gasteiger partial charge in [-0.1, -0.05) is 77.3 Å². The molecule has 0 saturated carbocycles. The van der Waals surface area contributed by atoms with Crippen molar-refractivity contribution in [2.75, 3.05) is 18.0 Å². The average Bonchev–Trinajstić information content (AvgIpc) is 2.81. The number of nitrogens with zero attached hydrogens (tertiary/aromatic N) is 3. The average molecular weight is 540 g/mol. The number of aromatic nitrogens is 1. The molecule has 0 aliphatic carbocycles. The molecule has 1 fully saturated rings. The number of amides is 1. The number of nitrogens with one attached hydrogen (secondary N) is 1. The molecule has 1 amide bonds. The topological polar surface area (TPSA) is 48.5 Å². The predicted octanol–water partition coefficient (Wildman–Crippen LogP) is 5.62. The summed E-state index contributed by atoms with van der Waals surface area (Å²) in [6.45, 7) is 1.11. The zero-order valence-corrected chi connectivity index (χ0v) is 21.1. The number of halogens is 4. The van der Waals surface area contributed by atoms with Gasteiger partial charge in [0.25, 0.3) is 0 Å². The van der Waals surface area contributed by atoms with Crippen LogP contribution in [0.2, 0.25) is 0 Å². The first-order valence-corrected chi connectivity index (χ1v) is 12.3. The molecule has 0 spiro atoms. The molecule has 0 bridgehead atoms. The normalized spacial score (nSPS) is 15.5. The number of anilines is 1. The highest BCUT2D eigenvalue weighted by atomic mass is 35.6. The summed E-state index contributed by atoms with van der Waals surface area (Å²) in [5.74, 6) is -0.663. The van der Waals surface area contributed by atoms with Crippen molar-refractivity contribution in [2.24, 2.45) is 0 Å². The first-order chi connectivity index (χ1) is 16.2. The van der Waals surface area contributed by atoms with E-state index in [1.807, 2.05) is 47.4 Å². The number of para-hydroxylation sites is 1. The van der Waals surface area contributed by atoms with Crippen molar-refractivity contribution in [1.82, 2.24) is 15.2 Å². The van der Waals surface area contributed by atoms with E-state index in [9.17, 15) is 9.18 Å². The van der Waals surface area contributed by atoms with Gasteiger partial charge in [0.15, 0.2) is 11.3 Å². The minimum absolute atomic E-state index is 0.240. The third-order valence-electron chi connectivity index (χ3n) is 5.61. The molecule has 2 aromatic carbocycles. The van der Waals surface area contributed by atoms with Gasteiger partial charge >= 0.3 is 0 Å². The number of fused-ring (bicyclic) bond motifs is 1. The molecular weight excluding hydrogens is 518 g/mol. The maximum absolute atomic E-state index is 13.7. The van der Waals surface area contributed by atoms with Crippen LogP contribution in [0.25, 0.3) is 10.9 Å². The van der Waals surface area contributed by atoms with Crippen molar-refractivity contribution in [3.8, 4) is 0 Å². The van der Waals surface area contributed by atoms with Crippen molar-refractivity contribution in [2.45, 2.75) is 29.2 Å². The van der Waals surface area contributed by atoms with E-state index in [-0.39, 0.29) is 12.3 Å². The van der Waals surface area contributed by atoms with Gasteiger partial charge in [0, 0.05) is 24.9 Å². The van der Waals surface area contributed by atoms with E-state index in [0.29, 0.717) is 41.9 Å². The molecule has 3 aromatic rings. The molecule has 34 heavy (non-hydrogen) atoms. The van der Waals surface area contributed by atoms with Crippen molar-refractivity contribution >= 4 is 74.6 Å². The van der Waals surface area contributed by atoms with Crippen LogP contribution in [0.3, 0.4) is 0 Å². The number of aryl methyl sites for hydroxylation is 1. The minimum Gasteiger partial charge on any atom is -0.332 e. The maximum Gasteiger partial charge on any atom is 0.228 e. The summed E-state index contributed by atoms with van der Waals surface area (Å²) in [6.07, 6.45) is 1.72. The fraction of sp³-hybridized carbons (Fsp3) is 0.292. The van der Waals surface area contributed by atoms with E-state index in [0.717, 1.165) is 11.3 Å². The van der Waals surface area contributed by atoms with Gasteiger partial charge in [0.1, 0.15) is 5.82 Å². The Morgan fingerprint density at radius 2 is 1.91 bits per heavy atom. The second kappa shape index (κ2) is 10.6. The fourth-order valence-electron chi connectivity index (χ4n) is 4.01. The number of thiocarbonyl (C=S) groups is 1. The van der Waals surface area contributed by atoms with Crippen molar-refractivity contribution in [1.29, 1.82) is 0 Å². The number of pyridine rings is 1. The molecule has 1 atom stereocenters. The summed E-state index contributed by atoms with van der Waals surface area (Å²) in [5.41, 5.74) is 2.39. The Bertz CT molecular complexity index is 1190. The van der Waals surface area contributed by atoms with E-state index in [1.165, 1.54) is 12.3 Å². The quantitative estimate of drug-likeness (QED) is 0.326. The molecule has 1 aliphatic rings. The minimum atomic E-state index is -1.82. The Kier molecular flexibility index (Phi) is 7.77. The first-order valence-electron chi connectivity index (χ1n) is 10.8. The van der Waals surface area contributed by atoms with E-state index in [1.54, 1.807) is 11.0 Å². The number of rotatable bonds is 6. The molecule has 178 valence electrons. The molecule has 10 heteroatoms. The first kappa shape index (κ1) is 24.9. The van der Waals surface area contributed by atoms with Crippen molar-refractivity contribution in [3.63, 3.8) is 0 Å². The third kappa shape index (κ3) is 5.71. The van der Waals surface area contributed by atoms with Gasteiger partial charge in [0.05, 0.1) is 17.4 Å². The molecule has 2 heterocycles. The third-order valence-corrected chi connectivity index (χ3v) is 6.68. The molecule has 1 saturated heterocycles. The molecule has 1 aromatic heterocycles. The summed E-state index contributed by atoms with van der Waals surface area (Å²) in [5, 5.41) is 3.91. The molecular formula is C24H22Cl3FN4OS. The summed E-state index contributed by atoms with van der Waals surface area (Å²) in [7, 11) is 0. The molecule has 0 radical (unpaired) electrons. The lowest BCUT2D eigenvalue weighted by Crippen LogP contribution is -2.62. The molecule has 4 rings (SSSR count). The zero-order valence-electron chi connectivity index (χ0n) is 18.1. The summed E-state index contributed by atoms with van der Waals surface area (Å²) < 4.78 is 11.9. The monoisotopic (exact) mass is 538 g/mol. The lowest BCUT2D eigenvalue weighted by molar-refractivity contribution is -0.122. The highest BCUT2D eigenvalue weighted by molar-refractivity contribution is 7.80. The predicted molar refractivity (Wildman–Crippen MR) is 140 cm³/mol. The lowest BCUT2D eigenvalue weighted by Gasteiger charge is -2.44. The van der Waals surface area contributed by atoms with E-state index in [2.05, 4.69) is 10.3 Å². The van der Waals surface area contributed by atoms with E-state index >= 15 is 0 Å². The fourth-order valence-corrected chi connectivity index (χ4v) is 4.91. The molecule has 5 nitrogen and oxygen atoms in total. The Morgan fingerprint density at radius 1 is 1.15 bits per heavy atom. The number of carbonyl (C=O) groups excluding carboxylic acids is 1. The van der Waals surface area contributed by atoms with Gasteiger partial charge < -0.3 is 15.1 Å². The van der Waals surface area contributed by atoms with Crippen molar-refractivity contribution < 1.29 is 9.18 Å².